The second kappa shape index (κ2) is 8.01. The number of halogens is 3. The molecule has 2 rings (SSSR count). The highest BCUT2D eigenvalue weighted by atomic mass is 79.9. The van der Waals surface area contributed by atoms with Crippen LogP contribution in [0.4, 0.5) is 20.2 Å². The second-order valence-electron chi connectivity index (χ2n) is 5.07. The Bertz CT molecular complexity index is 751. The Labute approximate surface area is 146 Å². The number of nitrogens with one attached hydrogen (secondary N) is 1. The van der Waals surface area contributed by atoms with E-state index in [1.165, 1.54) is 11.8 Å². The molecule has 0 aliphatic carbocycles. The summed E-state index contributed by atoms with van der Waals surface area (Å²) in [4.78, 5) is 25.2. The lowest BCUT2D eigenvalue weighted by Gasteiger charge is -2.21. The lowest BCUT2D eigenvalue weighted by Crippen LogP contribution is -2.32. The van der Waals surface area contributed by atoms with Crippen LogP contribution < -0.4 is 10.2 Å². The molecule has 0 bridgehead atoms. The summed E-state index contributed by atoms with van der Waals surface area (Å²) in [5.41, 5.74) is 0.561. The minimum absolute atomic E-state index is 0.0214. The van der Waals surface area contributed by atoms with Gasteiger partial charge in [0, 0.05) is 36.1 Å². The van der Waals surface area contributed by atoms with Crippen LogP contribution in [0.3, 0.4) is 0 Å². The summed E-state index contributed by atoms with van der Waals surface area (Å²) in [6.07, 6.45) is -0.0214. The van der Waals surface area contributed by atoms with Crippen molar-refractivity contribution >= 4 is 39.1 Å². The normalized spacial score (nSPS) is 10.3. The minimum atomic E-state index is -0.848. The van der Waals surface area contributed by atoms with Crippen molar-refractivity contribution < 1.29 is 18.4 Å². The van der Waals surface area contributed by atoms with Gasteiger partial charge in [0.15, 0.2) is 0 Å². The lowest BCUT2D eigenvalue weighted by molar-refractivity contribution is -0.117. The van der Waals surface area contributed by atoms with Gasteiger partial charge in [0.2, 0.25) is 11.8 Å². The van der Waals surface area contributed by atoms with Crippen LogP contribution in [0.2, 0.25) is 0 Å². The average Bonchev–Trinajstić information content (AvgIpc) is 2.52. The van der Waals surface area contributed by atoms with Gasteiger partial charge in [-0.3, -0.25) is 9.59 Å². The molecule has 126 valence electrons. The van der Waals surface area contributed by atoms with Gasteiger partial charge < -0.3 is 10.2 Å². The van der Waals surface area contributed by atoms with Crippen LogP contribution in [0.15, 0.2) is 46.9 Å². The summed E-state index contributed by atoms with van der Waals surface area (Å²) < 4.78 is 27.2. The van der Waals surface area contributed by atoms with Crippen molar-refractivity contribution in [3.63, 3.8) is 0 Å². The van der Waals surface area contributed by atoms with E-state index in [1.54, 1.807) is 24.3 Å². The number of nitrogens with zero attached hydrogens (tertiary/aromatic N) is 1. The Balaban J connectivity index is 2.00. The summed E-state index contributed by atoms with van der Waals surface area (Å²) in [6, 6.07) is 9.99. The van der Waals surface area contributed by atoms with Crippen LogP contribution in [-0.2, 0) is 9.59 Å². The minimum Gasteiger partial charge on any atom is -0.324 e. The van der Waals surface area contributed by atoms with Gasteiger partial charge in [0.05, 0.1) is 5.69 Å². The van der Waals surface area contributed by atoms with E-state index in [9.17, 15) is 18.4 Å². The third-order valence-electron chi connectivity index (χ3n) is 3.29. The van der Waals surface area contributed by atoms with Gasteiger partial charge in [-0.1, -0.05) is 15.9 Å². The topological polar surface area (TPSA) is 49.4 Å². The fraction of sp³-hybridized carbons (Fsp3) is 0.176. The summed E-state index contributed by atoms with van der Waals surface area (Å²) in [5, 5.41) is 2.37. The molecule has 7 heteroatoms. The van der Waals surface area contributed by atoms with Gasteiger partial charge in [0.25, 0.3) is 0 Å². The first-order valence-electron chi connectivity index (χ1n) is 7.15. The van der Waals surface area contributed by atoms with E-state index in [0.717, 1.165) is 16.6 Å². The molecule has 0 saturated heterocycles. The molecule has 2 aromatic rings. The largest absolute Gasteiger partial charge is 0.324 e. The molecule has 2 aromatic carbocycles. The molecule has 0 aromatic heterocycles. The van der Waals surface area contributed by atoms with Gasteiger partial charge in [-0.05, 0) is 36.4 Å². The van der Waals surface area contributed by atoms with E-state index in [2.05, 4.69) is 21.2 Å². The fourth-order valence-electron chi connectivity index (χ4n) is 2.11. The number of anilines is 2. The quantitative estimate of drug-likeness (QED) is 0.826. The zero-order valence-electron chi connectivity index (χ0n) is 12.9. The number of carbonyl (C=O) groups excluding carboxylic acids is 2. The third-order valence-corrected chi connectivity index (χ3v) is 3.81. The van der Waals surface area contributed by atoms with Crippen LogP contribution in [-0.4, -0.2) is 18.4 Å². The molecule has 0 aliphatic heterocycles. The molecule has 0 aliphatic rings. The smallest absolute Gasteiger partial charge is 0.226 e. The SMILES string of the molecule is CC(=O)N(CCC(=O)Nc1ccc(F)cc1F)c1ccc(Br)cc1. The molecule has 0 fully saturated rings. The van der Waals surface area contributed by atoms with Crippen LogP contribution >= 0.6 is 15.9 Å². The zero-order chi connectivity index (χ0) is 17.7. The Morgan fingerprint density at radius 2 is 1.79 bits per heavy atom. The molecular formula is C17H15BrF2N2O2. The first kappa shape index (κ1) is 18.1. The molecule has 4 nitrogen and oxygen atoms in total. The van der Waals surface area contributed by atoms with E-state index in [1.807, 2.05) is 0 Å². The number of hydrogen-bond donors (Lipinski definition) is 1. The van der Waals surface area contributed by atoms with E-state index in [0.29, 0.717) is 11.8 Å². The Kier molecular flexibility index (Phi) is 6.03. The first-order chi connectivity index (χ1) is 11.4. The lowest BCUT2D eigenvalue weighted by atomic mass is 10.2. The summed E-state index contributed by atoms with van der Waals surface area (Å²) in [6.45, 7) is 1.55. The number of amides is 2. The van der Waals surface area contributed by atoms with E-state index >= 15 is 0 Å². The van der Waals surface area contributed by atoms with Crippen LogP contribution in [0.25, 0.3) is 0 Å². The van der Waals surface area contributed by atoms with Gasteiger partial charge in [-0.2, -0.15) is 0 Å². The Morgan fingerprint density at radius 3 is 2.38 bits per heavy atom. The number of hydrogen-bond acceptors (Lipinski definition) is 2. The zero-order valence-corrected chi connectivity index (χ0v) is 14.4. The predicted octanol–water partition coefficient (Wildman–Crippen LogP) is 4.11. The number of carbonyl (C=O) groups is 2. The van der Waals surface area contributed by atoms with Gasteiger partial charge >= 0.3 is 0 Å². The summed E-state index contributed by atoms with van der Waals surface area (Å²) in [7, 11) is 0. The molecule has 0 spiro atoms. The Hall–Kier alpha value is -2.28. The maximum Gasteiger partial charge on any atom is 0.226 e. The highest BCUT2D eigenvalue weighted by Crippen LogP contribution is 2.19. The molecule has 2 amide bonds. The van der Waals surface area contributed by atoms with Crippen molar-refractivity contribution in [2.75, 3.05) is 16.8 Å². The van der Waals surface area contributed by atoms with Crippen molar-refractivity contribution in [1.82, 2.24) is 0 Å². The highest BCUT2D eigenvalue weighted by molar-refractivity contribution is 9.10. The predicted molar refractivity (Wildman–Crippen MR) is 91.8 cm³/mol. The van der Waals surface area contributed by atoms with Crippen LogP contribution in [0, 0.1) is 11.6 Å². The van der Waals surface area contributed by atoms with Crippen LogP contribution in [0.5, 0.6) is 0 Å². The second-order valence-corrected chi connectivity index (χ2v) is 5.99. The van der Waals surface area contributed by atoms with Crippen molar-refractivity contribution in [3.8, 4) is 0 Å². The number of rotatable bonds is 5. The monoisotopic (exact) mass is 396 g/mol. The molecule has 0 radical (unpaired) electrons. The van der Waals surface area contributed by atoms with Gasteiger partial charge in [0.1, 0.15) is 11.6 Å². The Morgan fingerprint density at radius 1 is 1.12 bits per heavy atom. The molecular weight excluding hydrogens is 382 g/mol. The molecule has 24 heavy (non-hydrogen) atoms. The van der Waals surface area contributed by atoms with Gasteiger partial charge in [-0.25, -0.2) is 8.78 Å². The van der Waals surface area contributed by atoms with Crippen molar-refractivity contribution in [3.05, 3.63) is 58.6 Å². The average molecular weight is 397 g/mol. The first-order valence-corrected chi connectivity index (χ1v) is 7.94. The molecule has 1 N–H and O–H groups in total. The molecule has 0 atom stereocenters. The third kappa shape index (κ3) is 4.86. The van der Waals surface area contributed by atoms with E-state index < -0.39 is 17.5 Å². The standard InChI is InChI=1S/C17H15BrF2N2O2/c1-11(23)22(14-5-2-12(18)3-6-14)9-8-17(24)21-16-7-4-13(19)10-15(16)20/h2-7,10H,8-9H2,1H3,(H,21,24). The maximum atomic E-state index is 13.5. The fourth-order valence-corrected chi connectivity index (χ4v) is 2.37. The summed E-state index contributed by atoms with van der Waals surface area (Å²) in [5.74, 6) is -2.25. The van der Waals surface area contributed by atoms with Crippen molar-refractivity contribution in [2.24, 2.45) is 0 Å². The molecule has 0 saturated carbocycles. The van der Waals surface area contributed by atoms with Gasteiger partial charge in [-0.15, -0.1) is 0 Å². The molecule has 0 heterocycles. The number of benzene rings is 2. The highest BCUT2D eigenvalue weighted by Gasteiger charge is 2.14. The molecule has 0 unspecified atom stereocenters. The van der Waals surface area contributed by atoms with E-state index in [-0.39, 0.29) is 24.6 Å². The van der Waals surface area contributed by atoms with Crippen molar-refractivity contribution in [2.45, 2.75) is 13.3 Å². The van der Waals surface area contributed by atoms with E-state index in [4.69, 9.17) is 0 Å². The van der Waals surface area contributed by atoms with Crippen LogP contribution in [0.1, 0.15) is 13.3 Å². The summed E-state index contributed by atoms with van der Waals surface area (Å²) >= 11 is 3.31. The van der Waals surface area contributed by atoms with Crippen molar-refractivity contribution in [1.29, 1.82) is 0 Å². The maximum absolute atomic E-state index is 13.5.